The standard InChI is InChI=1S/C21H26N2O3S/c1-15-7-9-23(10-8-15)21(24)20-6-4-5-18(22-20)14-27(25,26)19-12-16(2)11-17(3)13-19/h4-6,11-13,15H,7-10,14H2,1-3H3. The monoisotopic (exact) mass is 386 g/mol. The molecule has 27 heavy (non-hydrogen) atoms. The van der Waals surface area contributed by atoms with Crippen LogP contribution in [0.1, 0.15) is 47.1 Å². The summed E-state index contributed by atoms with van der Waals surface area (Å²) >= 11 is 0. The van der Waals surface area contributed by atoms with Gasteiger partial charge >= 0.3 is 0 Å². The summed E-state index contributed by atoms with van der Waals surface area (Å²) < 4.78 is 25.6. The minimum atomic E-state index is -3.52. The second-order valence-electron chi connectivity index (χ2n) is 7.57. The number of carbonyl (C=O) groups is 1. The Morgan fingerprint density at radius 2 is 1.74 bits per heavy atom. The van der Waals surface area contributed by atoms with E-state index in [9.17, 15) is 13.2 Å². The number of likely N-dealkylation sites (tertiary alicyclic amines) is 1. The highest BCUT2D eigenvalue weighted by atomic mass is 32.2. The van der Waals surface area contributed by atoms with E-state index in [4.69, 9.17) is 0 Å². The number of benzene rings is 1. The maximum Gasteiger partial charge on any atom is 0.272 e. The van der Waals surface area contributed by atoms with Crippen LogP contribution in [0.3, 0.4) is 0 Å². The van der Waals surface area contributed by atoms with Crippen molar-refractivity contribution in [2.24, 2.45) is 5.92 Å². The van der Waals surface area contributed by atoms with Gasteiger partial charge in [-0.25, -0.2) is 13.4 Å². The molecule has 0 radical (unpaired) electrons. The van der Waals surface area contributed by atoms with E-state index in [1.807, 2.05) is 24.8 Å². The minimum Gasteiger partial charge on any atom is -0.337 e. The summed E-state index contributed by atoms with van der Waals surface area (Å²) in [6, 6.07) is 10.3. The molecule has 5 nitrogen and oxygen atoms in total. The average Bonchev–Trinajstić information content (AvgIpc) is 2.61. The summed E-state index contributed by atoms with van der Waals surface area (Å²) in [4.78, 5) is 19.2. The van der Waals surface area contributed by atoms with Crippen molar-refractivity contribution in [3.8, 4) is 0 Å². The molecule has 0 unspecified atom stereocenters. The molecule has 0 N–H and O–H groups in total. The first-order chi connectivity index (χ1) is 12.7. The summed E-state index contributed by atoms with van der Waals surface area (Å²) in [5.41, 5.74) is 2.53. The van der Waals surface area contributed by atoms with Crippen LogP contribution < -0.4 is 0 Å². The second-order valence-corrected chi connectivity index (χ2v) is 9.56. The topological polar surface area (TPSA) is 67.3 Å². The van der Waals surface area contributed by atoms with Crippen LogP contribution in [0.25, 0.3) is 0 Å². The Bertz CT molecular complexity index is 925. The van der Waals surface area contributed by atoms with Gasteiger partial charge in [0.15, 0.2) is 9.84 Å². The van der Waals surface area contributed by atoms with E-state index in [0.29, 0.717) is 22.2 Å². The van der Waals surface area contributed by atoms with Crippen LogP contribution in [-0.2, 0) is 15.6 Å². The molecule has 0 saturated carbocycles. The van der Waals surface area contributed by atoms with E-state index in [1.54, 1.807) is 30.3 Å². The SMILES string of the molecule is Cc1cc(C)cc(S(=O)(=O)Cc2cccc(C(=O)N3CCC(C)CC3)n2)c1. The number of nitrogens with zero attached hydrogens (tertiary/aromatic N) is 2. The third-order valence-electron chi connectivity index (χ3n) is 4.99. The van der Waals surface area contributed by atoms with Gasteiger partial charge < -0.3 is 4.90 Å². The number of sulfone groups is 1. The Morgan fingerprint density at radius 1 is 1.11 bits per heavy atom. The van der Waals surface area contributed by atoms with Crippen LogP contribution in [0.15, 0.2) is 41.3 Å². The molecule has 1 aromatic heterocycles. The summed E-state index contributed by atoms with van der Waals surface area (Å²) in [6.45, 7) is 7.41. The lowest BCUT2D eigenvalue weighted by Gasteiger charge is -2.30. The van der Waals surface area contributed by atoms with Crippen LogP contribution in [0.5, 0.6) is 0 Å². The molecule has 1 saturated heterocycles. The molecule has 0 aliphatic carbocycles. The van der Waals surface area contributed by atoms with E-state index in [-0.39, 0.29) is 11.7 Å². The van der Waals surface area contributed by atoms with Crippen molar-refractivity contribution in [1.29, 1.82) is 0 Å². The molecule has 1 aliphatic heterocycles. The summed E-state index contributed by atoms with van der Waals surface area (Å²) in [7, 11) is -3.52. The minimum absolute atomic E-state index is 0.118. The first kappa shape index (κ1) is 19.5. The Balaban J connectivity index is 1.80. The number of amides is 1. The lowest BCUT2D eigenvalue weighted by Crippen LogP contribution is -2.38. The summed E-state index contributed by atoms with van der Waals surface area (Å²) in [5, 5.41) is 0. The van der Waals surface area contributed by atoms with Gasteiger partial charge in [0.25, 0.3) is 5.91 Å². The van der Waals surface area contributed by atoms with Gasteiger partial charge in [0.1, 0.15) is 5.69 Å². The zero-order chi connectivity index (χ0) is 19.6. The molecule has 2 aromatic rings. The first-order valence-corrected chi connectivity index (χ1v) is 11.0. The van der Waals surface area contributed by atoms with Gasteiger partial charge in [0.05, 0.1) is 16.3 Å². The second kappa shape index (κ2) is 7.80. The summed E-state index contributed by atoms with van der Waals surface area (Å²) in [5.74, 6) is 0.303. The molecule has 144 valence electrons. The van der Waals surface area contributed by atoms with Crippen LogP contribution >= 0.6 is 0 Å². The fourth-order valence-electron chi connectivity index (χ4n) is 3.44. The van der Waals surface area contributed by atoms with Crippen LogP contribution in [0.4, 0.5) is 0 Å². The predicted molar refractivity (Wildman–Crippen MR) is 105 cm³/mol. The van der Waals surface area contributed by atoms with Gasteiger partial charge in [-0.2, -0.15) is 0 Å². The number of rotatable bonds is 4. The third kappa shape index (κ3) is 4.75. The number of piperidine rings is 1. The zero-order valence-corrected chi connectivity index (χ0v) is 16.9. The fourth-order valence-corrected chi connectivity index (χ4v) is 4.89. The van der Waals surface area contributed by atoms with Gasteiger partial charge in [-0.3, -0.25) is 4.79 Å². The van der Waals surface area contributed by atoms with Crippen molar-refractivity contribution < 1.29 is 13.2 Å². The Kier molecular flexibility index (Phi) is 5.65. The van der Waals surface area contributed by atoms with E-state index in [1.165, 1.54) is 0 Å². The first-order valence-electron chi connectivity index (χ1n) is 9.31. The largest absolute Gasteiger partial charge is 0.337 e. The van der Waals surface area contributed by atoms with E-state index >= 15 is 0 Å². The van der Waals surface area contributed by atoms with Crippen LogP contribution in [0.2, 0.25) is 0 Å². The third-order valence-corrected chi connectivity index (χ3v) is 6.62. The molecule has 0 atom stereocenters. The number of aromatic nitrogens is 1. The van der Waals surface area contributed by atoms with Crippen molar-refractivity contribution in [2.45, 2.75) is 44.3 Å². The highest BCUT2D eigenvalue weighted by Crippen LogP contribution is 2.20. The molecular weight excluding hydrogens is 360 g/mol. The number of pyridine rings is 1. The smallest absolute Gasteiger partial charge is 0.272 e. The lowest BCUT2D eigenvalue weighted by atomic mass is 9.99. The van der Waals surface area contributed by atoms with Crippen molar-refractivity contribution in [1.82, 2.24) is 9.88 Å². The normalized spacial score (nSPS) is 15.7. The zero-order valence-electron chi connectivity index (χ0n) is 16.1. The molecule has 3 rings (SSSR count). The Hall–Kier alpha value is -2.21. The van der Waals surface area contributed by atoms with Gasteiger partial charge in [0.2, 0.25) is 0 Å². The number of hydrogen-bond acceptors (Lipinski definition) is 4. The van der Waals surface area contributed by atoms with Crippen molar-refractivity contribution >= 4 is 15.7 Å². The highest BCUT2D eigenvalue weighted by Gasteiger charge is 2.23. The van der Waals surface area contributed by atoms with Gasteiger partial charge in [-0.05, 0) is 68.0 Å². The van der Waals surface area contributed by atoms with E-state index in [0.717, 1.165) is 37.1 Å². The number of aryl methyl sites for hydroxylation is 2. The molecule has 1 aromatic carbocycles. The van der Waals surface area contributed by atoms with Crippen molar-refractivity contribution in [3.63, 3.8) is 0 Å². The van der Waals surface area contributed by atoms with E-state index in [2.05, 4.69) is 11.9 Å². The molecule has 6 heteroatoms. The fraction of sp³-hybridized carbons (Fsp3) is 0.429. The molecule has 1 amide bonds. The lowest BCUT2D eigenvalue weighted by molar-refractivity contribution is 0.0691. The molecule has 0 bridgehead atoms. The number of carbonyl (C=O) groups excluding carboxylic acids is 1. The van der Waals surface area contributed by atoms with E-state index < -0.39 is 9.84 Å². The molecule has 0 spiro atoms. The molecular formula is C21H26N2O3S. The van der Waals surface area contributed by atoms with Crippen LogP contribution in [-0.4, -0.2) is 37.3 Å². The van der Waals surface area contributed by atoms with Gasteiger partial charge in [-0.1, -0.05) is 19.1 Å². The van der Waals surface area contributed by atoms with Gasteiger partial charge in [0, 0.05) is 13.1 Å². The van der Waals surface area contributed by atoms with Crippen molar-refractivity contribution in [3.05, 3.63) is 58.9 Å². The molecule has 1 aliphatic rings. The van der Waals surface area contributed by atoms with Crippen LogP contribution in [0, 0.1) is 19.8 Å². The maximum absolute atomic E-state index is 12.8. The quantitative estimate of drug-likeness (QED) is 0.806. The summed E-state index contributed by atoms with van der Waals surface area (Å²) in [6.07, 6.45) is 1.99. The maximum atomic E-state index is 12.8. The molecule has 1 fully saturated rings. The molecule has 2 heterocycles. The highest BCUT2D eigenvalue weighted by molar-refractivity contribution is 7.90. The van der Waals surface area contributed by atoms with Crippen molar-refractivity contribution in [2.75, 3.05) is 13.1 Å². The van der Waals surface area contributed by atoms with Gasteiger partial charge in [-0.15, -0.1) is 0 Å². The number of hydrogen-bond donors (Lipinski definition) is 0. The predicted octanol–water partition coefficient (Wildman–Crippen LogP) is 3.54. The Labute approximate surface area is 161 Å². The average molecular weight is 387 g/mol. The Morgan fingerprint density at radius 3 is 2.37 bits per heavy atom.